The summed E-state index contributed by atoms with van der Waals surface area (Å²) in [6.45, 7) is 2.91. The Morgan fingerprint density at radius 2 is 2.13 bits per heavy atom. The quantitative estimate of drug-likeness (QED) is 0.824. The molecule has 0 saturated carbocycles. The van der Waals surface area contributed by atoms with Gasteiger partial charge in [0.25, 0.3) is 0 Å². The summed E-state index contributed by atoms with van der Waals surface area (Å²) in [5.74, 6) is -3.85. The van der Waals surface area contributed by atoms with Gasteiger partial charge in [0, 0.05) is 5.56 Å². The zero-order valence-electron chi connectivity index (χ0n) is 8.21. The fourth-order valence-electron chi connectivity index (χ4n) is 1.23. The maximum Gasteiger partial charge on any atom is 0.310 e. The molecule has 1 aromatic rings. The lowest BCUT2D eigenvalue weighted by Gasteiger charge is -2.11. The second-order valence-electron chi connectivity index (χ2n) is 3.32. The summed E-state index contributed by atoms with van der Waals surface area (Å²) >= 11 is 5.60. The third kappa shape index (κ3) is 2.04. The number of carboxylic acid groups (broad SMARTS) is 1. The van der Waals surface area contributed by atoms with Gasteiger partial charge in [0.15, 0.2) is 11.6 Å². The second-order valence-corrected chi connectivity index (χ2v) is 3.70. The van der Waals surface area contributed by atoms with Crippen LogP contribution in [0.2, 0.25) is 5.02 Å². The largest absolute Gasteiger partial charge is 0.504 e. The Kier molecular flexibility index (Phi) is 3.19. The number of carbonyl (C=O) groups is 1. The third-order valence-corrected chi connectivity index (χ3v) is 2.70. The highest BCUT2D eigenvalue weighted by atomic mass is 35.5. The highest BCUT2D eigenvalue weighted by Gasteiger charge is 2.22. The molecule has 0 heterocycles. The number of rotatable bonds is 2. The van der Waals surface area contributed by atoms with Gasteiger partial charge in [-0.25, -0.2) is 4.39 Å². The average Bonchev–Trinajstić information content (AvgIpc) is 2.19. The Labute approximate surface area is 91.1 Å². The highest BCUT2D eigenvalue weighted by molar-refractivity contribution is 6.32. The van der Waals surface area contributed by atoms with Crippen LogP contribution in [0.1, 0.15) is 24.0 Å². The number of aromatic hydroxyl groups is 1. The summed E-state index contributed by atoms with van der Waals surface area (Å²) in [6.07, 6.45) is 0. The molecular weight excluding hydrogens is 223 g/mol. The number of hydrogen-bond acceptors (Lipinski definition) is 2. The maximum atomic E-state index is 13.5. The Balaban J connectivity index is 3.38. The number of phenolic OH excluding ortho intramolecular Hbond substituents is 1. The van der Waals surface area contributed by atoms with E-state index in [4.69, 9.17) is 16.7 Å². The molecule has 15 heavy (non-hydrogen) atoms. The first kappa shape index (κ1) is 11.8. The lowest BCUT2D eigenvalue weighted by atomic mass is 9.98. The predicted molar refractivity (Wildman–Crippen MR) is 53.9 cm³/mol. The van der Waals surface area contributed by atoms with Gasteiger partial charge in [0.1, 0.15) is 0 Å². The molecule has 0 aromatic heterocycles. The van der Waals surface area contributed by atoms with Crippen LogP contribution >= 0.6 is 11.6 Å². The van der Waals surface area contributed by atoms with Gasteiger partial charge in [-0.15, -0.1) is 0 Å². The van der Waals surface area contributed by atoms with E-state index >= 15 is 0 Å². The summed E-state index contributed by atoms with van der Waals surface area (Å²) in [6, 6.07) is 1.33. The minimum atomic E-state index is -1.16. The van der Waals surface area contributed by atoms with Gasteiger partial charge in [-0.05, 0) is 19.4 Å². The SMILES string of the molecule is Cc1cc(C(C)C(=O)O)c(F)c(O)c1Cl. The van der Waals surface area contributed by atoms with Crippen molar-refractivity contribution >= 4 is 17.6 Å². The maximum absolute atomic E-state index is 13.5. The minimum Gasteiger partial charge on any atom is -0.504 e. The molecule has 0 aliphatic carbocycles. The van der Waals surface area contributed by atoms with E-state index in [1.54, 1.807) is 6.92 Å². The van der Waals surface area contributed by atoms with Crippen molar-refractivity contribution in [3.8, 4) is 5.75 Å². The topological polar surface area (TPSA) is 57.5 Å². The van der Waals surface area contributed by atoms with Gasteiger partial charge in [0.2, 0.25) is 0 Å². The number of benzene rings is 1. The predicted octanol–water partition coefficient (Wildman–Crippen LogP) is 2.68. The van der Waals surface area contributed by atoms with E-state index in [-0.39, 0.29) is 10.6 Å². The molecule has 5 heteroatoms. The fraction of sp³-hybridized carbons (Fsp3) is 0.300. The normalized spacial score (nSPS) is 12.5. The van der Waals surface area contributed by atoms with Crippen molar-refractivity contribution in [3.63, 3.8) is 0 Å². The van der Waals surface area contributed by atoms with Crippen LogP contribution in [0, 0.1) is 12.7 Å². The van der Waals surface area contributed by atoms with Crippen LogP contribution < -0.4 is 0 Å². The van der Waals surface area contributed by atoms with Gasteiger partial charge in [-0.1, -0.05) is 17.7 Å². The van der Waals surface area contributed by atoms with Gasteiger partial charge in [-0.3, -0.25) is 4.79 Å². The molecular formula is C10H10ClFO3. The smallest absolute Gasteiger partial charge is 0.310 e. The molecule has 0 fully saturated rings. The zero-order chi connectivity index (χ0) is 11.7. The van der Waals surface area contributed by atoms with E-state index in [0.717, 1.165) is 0 Å². The minimum absolute atomic E-state index is 0.0677. The monoisotopic (exact) mass is 232 g/mol. The van der Waals surface area contributed by atoms with E-state index in [2.05, 4.69) is 0 Å². The van der Waals surface area contributed by atoms with Crippen LogP contribution in [-0.4, -0.2) is 16.2 Å². The lowest BCUT2D eigenvalue weighted by molar-refractivity contribution is -0.138. The summed E-state index contributed by atoms with van der Waals surface area (Å²) in [5.41, 5.74) is 0.376. The number of carboxylic acids is 1. The van der Waals surface area contributed by atoms with Crippen molar-refractivity contribution in [1.82, 2.24) is 0 Å². The van der Waals surface area contributed by atoms with E-state index in [1.807, 2.05) is 0 Å². The Morgan fingerprint density at radius 3 is 2.60 bits per heavy atom. The lowest BCUT2D eigenvalue weighted by Crippen LogP contribution is -2.10. The van der Waals surface area contributed by atoms with Crippen molar-refractivity contribution in [3.05, 3.63) is 28.0 Å². The van der Waals surface area contributed by atoms with Gasteiger partial charge >= 0.3 is 5.97 Å². The van der Waals surface area contributed by atoms with Gasteiger partial charge < -0.3 is 10.2 Å². The van der Waals surface area contributed by atoms with Crippen LogP contribution in [0.4, 0.5) is 4.39 Å². The Hall–Kier alpha value is -1.29. The summed E-state index contributed by atoms with van der Waals surface area (Å²) in [4.78, 5) is 10.7. The summed E-state index contributed by atoms with van der Waals surface area (Å²) < 4.78 is 13.5. The number of aryl methyl sites for hydroxylation is 1. The van der Waals surface area contributed by atoms with Crippen molar-refractivity contribution in [2.75, 3.05) is 0 Å². The van der Waals surface area contributed by atoms with Crippen molar-refractivity contribution in [1.29, 1.82) is 0 Å². The molecule has 1 unspecified atom stereocenters. The number of aliphatic carboxylic acids is 1. The number of halogens is 2. The summed E-state index contributed by atoms with van der Waals surface area (Å²) in [7, 11) is 0. The van der Waals surface area contributed by atoms with Crippen molar-refractivity contribution in [2.45, 2.75) is 19.8 Å². The molecule has 0 amide bonds. The molecule has 3 nitrogen and oxygen atoms in total. The van der Waals surface area contributed by atoms with Gasteiger partial charge in [0.05, 0.1) is 10.9 Å². The molecule has 0 aliphatic heterocycles. The fourth-order valence-corrected chi connectivity index (χ4v) is 1.37. The molecule has 1 aromatic carbocycles. The van der Waals surface area contributed by atoms with Crippen LogP contribution in [0.15, 0.2) is 6.07 Å². The molecule has 0 radical (unpaired) electrons. The molecule has 1 atom stereocenters. The second kappa shape index (κ2) is 4.06. The standard InChI is InChI=1S/C10H10ClFO3/c1-4-3-6(5(2)10(14)15)8(12)9(13)7(4)11/h3,5,13H,1-2H3,(H,14,15). The van der Waals surface area contributed by atoms with E-state index in [1.165, 1.54) is 13.0 Å². The third-order valence-electron chi connectivity index (χ3n) is 2.22. The first-order chi connectivity index (χ1) is 6.86. The zero-order valence-corrected chi connectivity index (χ0v) is 8.97. The van der Waals surface area contributed by atoms with Crippen LogP contribution in [0.25, 0.3) is 0 Å². The van der Waals surface area contributed by atoms with E-state index < -0.39 is 23.5 Å². The first-order valence-electron chi connectivity index (χ1n) is 4.26. The number of phenols is 1. The Bertz CT molecular complexity index is 418. The van der Waals surface area contributed by atoms with Crippen molar-refractivity contribution < 1.29 is 19.4 Å². The van der Waals surface area contributed by atoms with Gasteiger partial charge in [-0.2, -0.15) is 0 Å². The molecule has 0 saturated heterocycles. The molecule has 82 valence electrons. The molecule has 0 aliphatic rings. The Morgan fingerprint density at radius 1 is 1.60 bits per heavy atom. The van der Waals surface area contributed by atoms with Crippen LogP contribution in [0.5, 0.6) is 5.75 Å². The first-order valence-corrected chi connectivity index (χ1v) is 4.64. The van der Waals surface area contributed by atoms with Crippen molar-refractivity contribution in [2.24, 2.45) is 0 Å². The van der Waals surface area contributed by atoms with E-state index in [9.17, 15) is 14.3 Å². The summed E-state index contributed by atoms with van der Waals surface area (Å²) in [5, 5.41) is 17.9. The van der Waals surface area contributed by atoms with Crippen LogP contribution in [0.3, 0.4) is 0 Å². The average molecular weight is 233 g/mol. The van der Waals surface area contributed by atoms with Crippen LogP contribution in [-0.2, 0) is 4.79 Å². The molecule has 0 spiro atoms. The molecule has 2 N–H and O–H groups in total. The van der Waals surface area contributed by atoms with E-state index in [0.29, 0.717) is 5.56 Å². The highest BCUT2D eigenvalue weighted by Crippen LogP contribution is 2.35. The molecule has 1 rings (SSSR count). The molecule has 0 bridgehead atoms. The number of hydrogen-bond donors (Lipinski definition) is 2.